The predicted octanol–water partition coefficient (Wildman–Crippen LogP) is 0.983. The summed E-state index contributed by atoms with van der Waals surface area (Å²) in [5.74, 6) is -0.125. The molecule has 1 aliphatic carbocycles. The number of carbonyl (C=O) groups excluding carboxylic acids is 1. The van der Waals surface area contributed by atoms with E-state index < -0.39 is 6.17 Å². The molecule has 1 atom stereocenters. The Hall–Kier alpha value is -0.640. The molecule has 0 bridgehead atoms. The molecule has 0 aromatic carbocycles. The van der Waals surface area contributed by atoms with E-state index in [0.29, 0.717) is 19.5 Å². The van der Waals surface area contributed by atoms with Crippen molar-refractivity contribution in [1.82, 2.24) is 4.90 Å². The summed E-state index contributed by atoms with van der Waals surface area (Å²) < 4.78 is 17.6. The van der Waals surface area contributed by atoms with Crippen LogP contribution in [0.4, 0.5) is 4.39 Å². The van der Waals surface area contributed by atoms with Gasteiger partial charge in [0, 0.05) is 19.6 Å². The van der Waals surface area contributed by atoms with Crippen LogP contribution in [0.1, 0.15) is 19.3 Å². The van der Waals surface area contributed by atoms with Gasteiger partial charge in [-0.15, -0.1) is 0 Å². The third-order valence-corrected chi connectivity index (χ3v) is 3.21. The average molecular weight is 201 g/mol. The van der Waals surface area contributed by atoms with Crippen LogP contribution < -0.4 is 0 Å². The van der Waals surface area contributed by atoms with Crippen molar-refractivity contribution in [2.75, 3.05) is 26.7 Å². The van der Waals surface area contributed by atoms with Crippen molar-refractivity contribution in [3.8, 4) is 0 Å². The van der Waals surface area contributed by atoms with Gasteiger partial charge in [0.25, 0.3) is 0 Å². The van der Waals surface area contributed by atoms with E-state index >= 15 is 0 Å². The lowest BCUT2D eigenvalue weighted by Gasteiger charge is -2.20. The second kappa shape index (κ2) is 3.50. The highest BCUT2D eigenvalue weighted by Gasteiger charge is 2.52. The quantitative estimate of drug-likeness (QED) is 0.637. The van der Waals surface area contributed by atoms with Crippen LogP contribution in [0.5, 0.6) is 0 Å². The van der Waals surface area contributed by atoms with Crippen molar-refractivity contribution in [1.29, 1.82) is 0 Å². The van der Waals surface area contributed by atoms with E-state index in [2.05, 4.69) is 0 Å². The van der Waals surface area contributed by atoms with Gasteiger partial charge in [-0.2, -0.15) is 0 Å². The zero-order valence-corrected chi connectivity index (χ0v) is 8.46. The van der Waals surface area contributed by atoms with Crippen LogP contribution in [0.2, 0.25) is 0 Å². The lowest BCUT2D eigenvalue weighted by molar-refractivity contribution is -0.147. The Morgan fingerprint density at radius 3 is 2.79 bits per heavy atom. The molecule has 1 aliphatic heterocycles. The van der Waals surface area contributed by atoms with Crippen LogP contribution in [0.3, 0.4) is 0 Å². The maximum Gasteiger partial charge on any atom is 0.313 e. The first-order valence-electron chi connectivity index (χ1n) is 5.11. The van der Waals surface area contributed by atoms with Crippen LogP contribution in [0.25, 0.3) is 0 Å². The van der Waals surface area contributed by atoms with Crippen molar-refractivity contribution in [3.05, 3.63) is 0 Å². The van der Waals surface area contributed by atoms with Gasteiger partial charge in [-0.1, -0.05) is 0 Å². The van der Waals surface area contributed by atoms with Gasteiger partial charge in [0.15, 0.2) is 0 Å². The molecule has 2 aliphatic rings. The number of ether oxygens (including phenoxy) is 1. The van der Waals surface area contributed by atoms with Crippen LogP contribution in [-0.4, -0.2) is 43.8 Å². The lowest BCUT2D eigenvalue weighted by atomic mass is 10.1. The molecular weight excluding hydrogens is 185 g/mol. The smallest absolute Gasteiger partial charge is 0.313 e. The predicted molar refractivity (Wildman–Crippen MR) is 49.6 cm³/mol. The molecule has 1 saturated carbocycles. The summed E-state index contributed by atoms with van der Waals surface area (Å²) in [5.41, 5.74) is -0.293. The fourth-order valence-electron chi connectivity index (χ4n) is 2.15. The fourth-order valence-corrected chi connectivity index (χ4v) is 2.15. The first-order valence-corrected chi connectivity index (χ1v) is 5.11. The zero-order chi connectivity index (χ0) is 10.2. The minimum absolute atomic E-state index is 0.125. The van der Waals surface area contributed by atoms with Crippen LogP contribution >= 0.6 is 0 Å². The van der Waals surface area contributed by atoms with E-state index in [-0.39, 0.29) is 11.4 Å². The van der Waals surface area contributed by atoms with Crippen LogP contribution in [0.15, 0.2) is 0 Å². The maximum atomic E-state index is 12.9. The summed E-state index contributed by atoms with van der Waals surface area (Å²) in [6.45, 7) is 1.94. The molecule has 80 valence electrons. The Balaban J connectivity index is 1.88. The maximum absolute atomic E-state index is 12.9. The van der Waals surface area contributed by atoms with E-state index in [4.69, 9.17) is 4.74 Å². The van der Waals surface area contributed by atoms with Crippen molar-refractivity contribution < 1.29 is 13.9 Å². The van der Waals surface area contributed by atoms with E-state index in [0.717, 1.165) is 19.4 Å². The molecule has 0 N–H and O–H groups in total. The van der Waals surface area contributed by atoms with Crippen molar-refractivity contribution in [2.24, 2.45) is 5.41 Å². The summed E-state index contributed by atoms with van der Waals surface area (Å²) in [5, 5.41) is 0. The number of methoxy groups -OCH3 is 1. The number of hydrogen-bond acceptors (Lipinski definition) is 3. The van der Waals surface area contributed by atoms with Crippen molar-refractivity contribution >= 4 is 5.97 Å². The molecule has 3 nitrogen and oxygen atoms in total. The molecular formula is C10H16FNO2. The number of esters is 1. The molecule has 4 heteroatoms. The van der Waals surface area contributed by atoms with Gasteiger partial charge in [0.1, 0.15) is 6.17 Å². The van der Waals surface area contributed by atoms with Gasteiger partial charge in [0.2, 0.25) is 0 Å². The fraction of sp³-hybridized carbons (Fsp3) is 0.900. The molecule has 0 radical (unpaired) electrons. The Morgan fingerprint density at radius 1 is 1.64 bits per heavy atom. The summed E-state index contributed by atoms with van der Waals surface area (Å²) in [4.78, 5) is 13.5. The Bertz CT molecular complexity index is 240. The third kappa shape index (κ3) is 1.75. The minimum Gasteiger partial charge on any atom is -0.469 e. The molecule has 2 fully saturated rings. The summed E-state index contributed by atoms with van der Waals surface area (Å²) in [6.07, 6.45) is 1.70. The van der Waals surface area contributed by atoms with Gasteiger partial charge >= 0.3 is 5.97 Å². The first kappa shape index (κ1) is 9.90. The first-order chi connectivity index (χ1) is 6.66. The number of alkyl halides is 1. The second-order valence-electron chi connectivity index (χ2n) is 4.39. The second-order valence-corrected chi connectivity index (χ2v) is 4.39. The molecule has 0 aromatic heterocycles. The number of halogens is 1. The summed E-state index contributed by atoms with van der Waals surface area (Å²) in [6, 6.07) is 0. The largest absolute Gasteiger partial charge is 0.469 e. The van der Waals surface area contributed by atoms with Crippen LogP contribution in [0, 0.1) is 5.41 Å². The highest BCUT2D eigenvalue weighted by atomic mass is 19.1. The van der Waals surface area contributed by atoms with E-state index in [1.807, 2.05) is 4.90 Å². The number of carbonyl (C=O) groups is 1. The zero-order valence-electron chi connectivity index (χ0n) is 8.46. The van der Waals surface area contributed by atoms with Gasteiger partial charge in [-0.3, -0.25) is 9.69 Å². The van der Waals surface area contributed by atoms with E-state index in [1.165, 1.54) is 7.11 Å². The monoisotopic (exact) mass is 201 g/mol. The molecule has 14 heavy (non-hydrogen) atoms. The number of likely N-dealkylation sites (tertiary alicyclic amines) is 1. The molecule has 0 spiro atoms. The normalized spacial score (nSPS) is 30.3. The Labute approximate surface area is 83.2 Å². The van der Waals surface area contributed by atoms with Gasteiger partial charge < -0.3 is 4.74 Å². The summed E-state index contributed by atoms with van der Waals surface area (Å²) >= 11 is 0. The summed E-state index contributed by atoms with van der Waals surface area (Å²) in [7, 11) is 1.42. The molecule has 0 aromatic rings. The highest BCUT2D eigenvalue weighted by molar-refractivity contribution is 5.80. The molecule has 2 rings (SSSR count). The number of rotatable bonds is 3. The Morgan fingerprint density at radius 2 is 2.36 bits per heavy atom. The Kier molecular flexibility index (Phi) is 2.47. The molecule has 1 heterocycles. The molecule has 0 amide bonds. The van der Waals surface area contributed by atoms with Crippen molar-refractivity contribution in [2.45, 2.75) is 25.4 Å². The third-order valence-electron chi connectivity index (χ3n) is 3.21. The SMILES string of the molecule is COC(=O)C1(CN2CC[C@H](F)C2)CC1. The van der Waals surface area contributed by atoms with E-state index in [1.54, 1.807) is 0 Å². The van der Waals surface area contributed by atoms with Gasteiger partial charge in [0.05, 0.1) is 12.5 Å². The number of nitrogens with zero attached hydrogens (tertiary/aromatic N) is 1. The minimum atomic E-state index is -0.705. The number of hydrogen-bond donors (Lipinski definition) is 0. The highest BCUT2D eigenvalue weighted by Crippen LogP contribution is 2.47. The van der Waals surface area contributed by atoms with Crippen LogP contribution in [-0.2, 0) is 9.53 Å². The van der Waals surface area contributed by atoms with Gasteiger partial charge in [-0.05, 0) is 19.3 Å². The molecule has 1 saturated heterocycles. The standard InChI is InChI=1S/C10H16FNO2/c1-14-9(13)10(3-4-10)7-12-5-2-8(11)6-12/h8H,2-7H2,1H3/t8-/m0/s1. The lowest BCUT2D eigenvalue weighted by Crippen LogP contribution is -2.34. The average Bonchev–Trinajstić information content (AvgIpc) is 2.84. The molecule has 0 unspecified atom stereocenters. The topological polar surface area (TPSA) is 29.5 Å². The van der Waals surface area contributed by atoms with E-state index in [9.17, 15) is 9.18 Å². The van der Waals surface area contributed by atoms with Gasteiger partial charge in [-0.25, -0.2) is 4.39 Å². The van der Waals surface area contributed by atoms with Crippen molar-refractivity contribution in [3.63, 3.8) is 0 Å².